The molecule has 2 saturated heterocycles. The van der Waals surface area contributed by atoms with Crippen LogP contribution in [0.25, 0.3) is 33.1 Å². The lowest BCUT2D eigenvalue weighted by molar-refractivity contribution is 0.133. The van der Waals surface area contributed by atoms with E-state index in [4.69, 9.17) is 21.3 Å². The van der Waals surface area contributed by atoms with Crippen molar-refractivity contribution in [3.05, 3.63) is 39.9 Å². The van der Waals surface area contributed by atoms with Crippen LogP contribution in [-0.4, -0.2) is 50.6 Å². The number of hydrogen-bond acceptors (Lipinski definition) is 5. The molecule has 0 radical (unpaired) electrons. The molecule has 8 nitrogen and oxygen atoms in total. The monoisotopic (exact) mass is 466 g/mol. The average Bonchev–Trinajstić information content (AvgIpc) is 3.56. The van der Waals surface area contributed by atoms with Crippen LogP contribution in [0.4, 0.5) is 5.95 Å². The van der Waals surface area contributed by atoms with Gasteiger partial charge in [0, 0.05) is 62.2 Å². The highest BCUT2D eigenvalue weighted by atomic mass is 35.5. The fraction of sp³-hybridized carbons (Fsp3) is 0.458. The van der Waals surface area contributed by atoms with E-state index in [2.05, 4.69) is 15.0 Å². The Labute approximate surface area is 196 Å². The van der Waals surface area contributed by atoms with Gasteiger partial charge in [-0.05, 0) is 37.7 Å². The van der Waals surface area contributed by atoms with E-state index >= 15 is 0 Å². The lowest BCUT2D eigenvalue weighted by Crippen LogP contribution is -2.43. The maximum absolute atomic E-state index is 13.5. The number of aromatic nitrogens is 5. The molecule has 0 bridgehead atoms. The summed E-state index contributed by atoms with van der Waals surface area (Å²) in [5.74, 6) is 0.709. The molecule has 0 unspecified atom stereocenters. The van der Waals surface area contributed by atoms with Crippen molar-refractivity contribution in [3.8, 4) is 11.1 Å². The van der Waals surface area contributed by atoms with Crippen LogP contribution in [-0.2, 0) is 18.3 Å². The van der Waals surface area contributed by atoms with Gasteiger partial charge in [0.1, 0.15) is 5.65 Å². The molecule has 2 aliphatic rings. The Bertz CT molecular complexity index is 1420. The molecule has 3 aromatic heterocycles. The highest BCUT2D eigenvalue weighted by Gasteiger charge is 2.38. The second-order valence-corrected chi connectivity index (χ2v) is 9.71. The maximum atomic E-state index is 13.5. The third-order valence-electron chi connectivity index (χ3n) is 7.47. The Hall–Kier alpha value is -2.84. The molecular weight excluding hydrogens is 440 g/mol. The zero-order valence-electron chi connectivity index (χ0n) is 18.9. The zero-order valence-corrected chi connectivity index (χ0v) is 19.7. The van der Waals surface area contributed by atoms with Crippen LogP contribution in [0.15, 0.2) is 29.3 Å². The van der Waals surface area contributed by atoms with Crippen LogP contribution >= 0.6 is 11.6 Å². The molecule has 0 atom stereocenters. The maximum Gasteiger partial charge on any atom is 0.264 e. The number of H-pyrrole nitrogens is 1. The summed E-state index contributed by atoms with van der Waals surface area (Å²) in [6.45, 7) is 6.29. The van der Waals surface area contributed by atoms with Gasteiger partial charge in [-0.25, -0.2) is 0 Å². The molecule has 4 aromatic rings. The first-order chi connectivity index (χ1) is 16.0. The molecule has 1 spiro atoms. The van der Waals surface area contributed by atoms with Crippen LogP contribution in [0.2, 0.25) is 5.02 Å². The summed E-state index contributed by atoms with van der Waals surface area (Å²) in [7, 11) is 1.81. The number of fused-ring (bicyclic) bond motifs is 2. The van der Waals surface area contributed by atoms with Gasteiger partial charge in [0.15, 0.2) is 0 Å². The van der Waals surface area contributed by atoms with Crippen molar-refractivity contribution >= 4 is 39.5 Å². The first-order valence-corrected chi connectivity index (χ1v) is 11.9. The van der Waals surface area contributed by atoms with Crippen molar-refractivity contribution in [1.82, 2.24) is 24.3 Å². The minimum atomic E-state index is -0.0730. The van der Waals surface area contributed by atoms with Gasteiger partial charge < -0.3 is 14.6 Å². The number of nitrogens with one attached hydrogen (secondary N) is 1. The normalized spacial score (nSPS) is 18.2. The number of piperidine rings is 1. The van der Waals surface area contributed by atoms with Crippen LogP contribution in [0.3, 0.4) is 0 Å². The van der Waals surface area contributed by atoms with Crippen molar-refractivity contribution in [1.29, 1.82) is 0 Å². The summed E-state index contributed by atoms with van der Waals surface area (Å²) in [4.78, 5) is 23.8. The van der Waals surface area contributed by atoms with Crippen LogP contribution in [0.5, 0.6) is 0 Å². The van der Waals surface area contributed by atoms with Crippen molar-refractivity contribution in [2.75, 3.05) is 31.2 Å². The molecule has 172 valence electrons. The van der Waals surface area contributed by atoms with E-state index in [1.807, 2.05) is 36.1 Å². The highest BCUT2D eigenvalue weighted by molar-refractivity contribution is 6.38. The molecule has 33 heavy (non-hydrogen) atoms. The molecule has 0 amide bonds. The smallest absolute Gasteiger partial charge is 0.264 e. The molecule has 1 aromatic carbocycles. The van der Waals surface area contributed by atoms with E-state index in [-0.39, 0.29) is 5.56 Å². The predicted molar refractivity (Wildman–Crippen MR) is 130 cm³/mol. The molecular formula is C24H27ClN6O2. The van der Waals surface area contributed by atoms with E-state index in [9.17, 15) is 4.79 Å². The number of ether oxygens (including phenoxy) is 1. The highest BCUT2D eigenvalue weighted by Crippen LogP contribution is 2.40. The van der Waals surface area contributed by atoms with E-state index in [1.54, 1.807) is 11.6 Å². The summed E-state index contributed by atoms with van der Waals surface area (Å²) in [6, 6.07) is 3.88. The third-order valence-corrected chi connectivity index (χ3v) is 7.87. The van der Waals surface area contributed by atoms with Gasteiger partial charge in [0.2, 0.25) is 5.95 Å². The standard InChI is InChI=1S/C24H27ClN6O2/c1-3-31-13-17-18(28-31)5-4-15(20(17)25)16-12-26-21-19(16)22(32)29(2)23(27-21)30-9-6-24(7-10-30)8-11-33-14-24/h4-5,12-13,26H,3,6-11,14H2,1-2H3. The van der Waals surface area contributed by atoms with Crippen molar-refractivity contribution in [2.24, 2.45) is 12.5 Å². The molecule has 0 saturated carbocycles. The van der Waals surface area contributed by atoms with Crippen LogP contribution in [0, 0.1) is 5.41 Å². The number of aromatic amines is 1. The SMILES string of the molecule is CCn1cc2c(Cl)c(-c3c[nH]c4nc(N5CCC6(CCOC6)CC5)n(C)c(=O)c34)ccc2n1. The van der Waals surface area contributed by atoms with E-state index in [1.165, 1.54) is 0 Å². The molecule has 1 N–H and O–H groups in total. The molecule has 0 aliphatic carbocycles. The predicted octanol–water partition coefficient (Wildman–Crippen LogP) is 3.96. The number of aryl methyl sites for hydroxylation is 1. The molecule has 2 fully saturated rings. The number of benzene rings is 1. The minimum absolute atomic E-state index is 0.0730. The van der Waals surface area contributed by atoms with Gasteiger partial charge in [-0.15, -0.1) is 0 Å². The Morgan fingerprint density at radius 3 is 2.76 bits per heavy atom. The fourth-order valence-electron chi connectivity index (χ4n) is 5.35. The summed E-state index contributed by atoms with van der Waals surface area (Å²) in [5, 5.41) is 6.57. The second kappa shape index (κ2) is 7.60. The Morgan fingerprint density at radius 2 is 2.03 bits per heavy atom. The summed E-state index contributed by atoms with van der Waals surface area (Å²) >= 11 is 6.79. The lowest BCUT2D eigenvalue weighted by Gasteiger charge is -2.39. The molecule has 2 aliphatic heterocycles. The van der Waals surface area contributed by atoms with Crippen molar-refractivity contribution in [2.45, 2.75) is 32.7 Å². The molecule has 6 rings (SSSR count). The number of hydrogen-bond donors (Lipinski definition) is 1. The quantitative estimate of drug-likeness (QED) is 0.494. The third kappa shape index (κ3) is 3.19. The zero-order chi connectivity index (χ0) is 22.7. The van der Waals surface area contributed by atoms with Gasteiger partial charge in [0.25, 0.3) is 5.56 Å². The Balaban J connectivity index is 1.40. The Kier molecular flexibility index (Phi) is 4.78. The first-order valence-electron chi connectivity index (χ1n) is 11.6. The molecule has 5 heterocycles. The van der Waals surface area contributed by atoms with Gasteiger partial charge in [0.05, 0.1) is 22.5 Å². The van der Waals surface area contributed by atoms with E-state index in [0.717, 1.165) is 74.1 Å². The Morgan fingerprint density at radius 1 is 1.21 bits per heavy atom. The largest absolute Gasteiger partial charge is 0.381 e. The number of anilines is 1. The van der Waals surface area contributed by atoms with Gasteiger partial charge >= 0.3 is 0 Å². The average molecular weight is 467 g/mol. The first kappa shape index (κ1) is 20.7. The fourth-order valence-corrected chi connectivity index (χ4v) is 5.66. The number of halogens is 1. The van der Waals surface area contributed by atoms with Crippen LogP contribution in [0.1, 0.15) is 26.2 Å². The summed E-state index contributed by atoms with van der Waals surface area (Å²) < 4.78 is 9.19. The second-order valence-electron chi connectivity index (χ2n) is 9.34. The topological polar surface area (TPSA) is 81.0 Å². The van der Waals surface area contributed by atoms with Crippen molar-refractivity contribution < 1.29 is 4.74 Å². The van der Waals surface area contributed by atoms with Gasteiger partial charge in [-0.1, -0.05) is 17.7 Å². The molecule has 9 heteroatoms. The summed E-state index contributed by atoms with van der Waals surface area (Å²) in [5.41, 5.74) is 3.24. The van der Waals surface area contributed by atoms with Gasteiger partial charge in [-0.3, -0.25) is 14.0 Å². The minimum Gasteiger partial charge on any atom is -0.381 e. The van der Waals surface area contributed by atoms with Crippen LogP contribution < -0.4 is 10.5 Å². The number of rotatable bonds is 3. The van der Waals surface area contributed by atoms with Gasteiger partial charge in [-0.2, -0.15) is 10.1 Å². The van der Waals surface area contributed by atoms with Crippen molar-refractivity contribution in [3.63, 3.8) is 0 Å². The number of nitrogens with zero attached hydrogens (tertiary/aromatic N) is 5. The lowest BCUT2D eigenvalue weighted by atomic mass is 9.78. The summed E-state index contributed by atoms with van der Waals surface area (Å²) in [6.07, 6.45) is 7.05. The van der Waals surface area contributed by atoms with E-state index < -0.39 is 0 Å². The van der Waals surface area contributed by atoms with E-state index in [0.29, 0.717) is 27.4 Å².